The summed E-state index contributed by atoms with van der Waals surface area (Å²) in [5.41, 5.74) is 0. The van der Waals surface area contributed by atoms with Crippen molar-refractivity contribution in [1.82, 2.24) is 9.80 Å². The first kappa shape index (κ1) is 65.2. The number of carbonyl (C=O) groups excluding carboxylic acids is 3. The van der Waals surface area contributed by atoms with Crippen LogP contribution in [0.5, 0.6) is 0 Å². The summed E-state index contributed by atoms with van der Waals surface area (Å²) in [6.45, 7) is 18.9. The van der Waals surface area contributed by atoms with Crippen LogP contribution >= 0.6 is 0 Å². The molecule has 0 spiro atoms. The molecule has 0 radical (unpaired) electrons. The van der Waals surface area contributed by atoms with Crippen LogP contribution in [0, 0.1) is 5.92 Å². The lowest BCUT2D eigenvalue weighted by Gasteiger charge is -2.24. The van der Waals surface area contributed by atoms with Crippen molar-refractivity contribution in [1.29, 1.82) is 0 Å². The number of rotatable bonds is 46. The number of hydrogen-bond acceptors (Lipinski definition) is 7. The molecular formula is C60H114N2O5. The molecule has 394 valence electrons. The van der Waals surface area contributed by atoms with Gasteiger partial charge in [-0.15, -0.1) is 6.58 Å². The molecule has 0 bridgehead atoms. The zero-order chi connectivity index (χ0) is 48.0. The van der Waals surface area contributed by atoms with Crippen molar-refractivity contribution in [3.63, 3.8) is 0 Å². The van der Waals surface area contributed by atoms with E-state index in [-0.39, 0.29) is 31.1 Å². The summed E-state index contributed by atoms with van der Waals surface area (Å²) < 4.78 is 12.3. The third kappa shape index (κ3) is 41.6. The third-order valence-corrected chi connectivity index (χ3v) is 14.0. The maximum atomic E-state index is 12.7. The molecule has 2 rings (SSSR count). The van der Waals surface area contributed by atoms with Gasteiger partial charge in [-0.3, -0.25) is 14.5 Å². The molecule has 2 saturated heterocycles. The zero-order valence-electron chi connectivity index (χ0n) is 44.4. The monoisotopic (exact) mass is 943 g/mol. The molecule has 67 heavy (non-hydrogen) atoms. The van der Waals surface area contributed by atoms with Gasteiger partial charge in [-0.25, -0.2) is 0 Å². The van der Waals surface area contributed by atoms with Crippen molar-refractivity contribution >= 4 is 17.5 Å². The molecule has 7 nitrogen and oxygen atoms in total. The van der Waals surface area contributed by atoms with Crippen molar-refractivity contribution in [3.05, 3.63) is 24.8 Å². The van der Waals surface area contributed by atoms with Crippen LogP contribution in [-0.2, 0) is 23.9 Å². The van der Waals surface area contributed by atoms with Gasteiger partial charge in [0.15, 0.2) is 5.78 Å². The number of allylic oxidation sites excluding steroid dienone is 2. The molecule has 7 heteroatoms. The molecular weight excluding hydrogens is 829 g/mol. The van der Waals surface area contributed by atoms with Crippen molar-refractivity contribution in [2.24, 2.45) is 5.92 Å². The molecule has 0 unspecified atom stereocenters. The lowest BCUT2D eigenvalue weighted by Crippen LogP contribution is -2.34. The van der Waals surface area contributed by atoms with Gasteiger partial charge in [0.05, 0.1) is 6.61 Å². The molecule has 2 fully saturated rings. The second-order valence-corrected chi connectivity index (χ2v) is 20.5. The Labute approximate surface area is 417 Å². The van der Waals surface area contributed by atoms with E-state index in [2.05, 4.69) is 43.2 Å². The quantitative estimate of drug-likeness (QED) is 0.0260. The Morgan fingerprint density at radius 1 is 0.612 bits per heavy atom. The van der Waals surface area contributed by atoms with E-state index >= 15 is 0 Å². The molecule has 0 N–H and O–H groups in total. The Morgan fingerprint density at radius 3 is 1.69 bits per heavy atom. The maximum absolute atomic E-state index is 12.7. The summed E-state index contributed by atoms with van der Waals surface area (Å²) >= 11 is 0. The van der Waals surface area contributed by atoms with E-state index in [0.29, 0.717) is 31.2 Å². The van der Waals surface area contributed by atoms with Gasteiger partial charge in [-0.05, 0) is 122 Å². The molecule has 0 aliphatic carbocycles. The van der Waals surface area contributed by atoms with Gasteiger partial charge in [-0.2, -0.15) is 0 Å². The summed E-state index contributed by atoms with van der Waals surface area (Å²) in [4.78, 5) is 41.6. The number of likely N-dealkylation sites (tertiary alicyclic amines) is 2. The SMILES string of the molecule is C.C=CCCCCCCCCCCC.CCCCCCCCC(CCCCCCCC)OC(=O)CCCCCCCOC[C@@H]1C[C@H](C=CC(=O)CCN2CCCC2)CN1CCCCCC(C)=O. The fraction of sp³-hybridized carbons (Fsp3) is 0.883. The highest BCUT2D eigenvalue weighted by atomic mass is 16.5. The first-order chi connectivity index (χ1) is 32.3. The molecule has 0 aromatic heterocycles. The van der Waals surface area contributed by atoms with Crippen molar-refractivity contribution in [2.45, 2.75) is 291 Å². The van der Waals surface area contributed by atoms with Crippen LogP contribution < -0.4 is 0 Å². The van der Waals surface area contributed by atoms with Crippen LogP contribution in [0.1, 0.15) is 279 Å². The summed E-state index contributed by atoms with van der Waals surface area (Å²) in [6.07, 6.45) is 51.4. The summed E-state index contributed by atoms with van der Waals surface area (Å²) in [5, 5.41) is 0. The summed E-state index contributed by atoms with van der Waals surface area (Å²) in [5.74, 6) is 0.931. The Kier molecular flexibility index (Phi) is 47.8. The Bertz CT molecular complexity index is 1140. The van der Waals surface area contributed by atoms with E-state index < -0.39 is 0 Å². The molecule has 2 heterocycles. The van der Waals surface area contributed by atoms with Crippen LogP contribution in [0.2, 0.25) is 0 Å². The van der Waals surface area contributed by atoms with Gasteiger partial charge >= 0.3 is 5.97 Å². The number of carbonyl (C=O) groups is 3. The van der Waals surface area contributed by atoms with Crippen molar-refractivity contribution in [2.75, 3.05) is 45.9 Å². The fourth-order valence-corrected chi connectivity index (χ4v) is 9.71. The van der Waals surface area contributed by atoms with Crippen LogP contribution in [0.3, 0.4) is 0 Å². The molecule has 0 amide bonds. The molecule has 2 atom stereocenters. The Morgan fingerprint density at radius 2 is 1.12 bits per heavy atom. The minimum atomic E-state index is 0. The predicted molar refractivity (Wildman–Crippen MR) is 290 cm³/mol. The fourth-order valence-electron chi connectivity index (χ4n) is 9.71. The van der Waals surface area contributed by atoms with Crippen molar-refractivity contribution < 1.29 is 23.9 Å². The number of esters is 1. The number of Topliss-reactive ketones (excluding diaryl/α,β-unsaturated/α-hetero) is 1. The predicted octanol–water partition coefficient (Wildman–Crippen LogP) is 16.9. The highest BCUT2D eigenvalue weighted by Crippen LogP contribution is 2.26. The standard InChI is InChI=1S/C46H84N2O5.C13H26.CH4/c1-4-6-8-10-13-19-27-45(28-20-14-11-9-7-5-2)53-46(51)29-21-15-12-16-25-37-52-40-43-38-42(39-48(43)35-22-17-18-26-41(3)49)30-31-44(50)32-36-47-33-23-24-34-47;1-3-5-7-9-11-13-12-10-8-6-4-2;/h30-31,42-43,45H,4-29,32-40H2,1-3H3;3H,1,4-13H2,2H3;1H4/t42-,43-;;/m0../s1. The smallest absolute Gasteiger partial charge is 0.306 e. The van der Waals surface area contributed by atoms with Crippen molar-refractivity contribution in [3.8, 4) is 0 Å². The topological polar surface area (TPSA) is 76.2 Å². The summed E-state index contributed by atoms with van der Waals surface area (Å²) in [6, 6.07) is 0.383. The van der Waals surface area contributed by atoms with Gasteiger partial charge in [0, 0.05) is 45.0 Å². The number of ketones is 2. The van der Waals surface area contributed by atoms with Crippen LogP contribution in [0.25, 0.3) is 0 Å². The molecule has 0 aromatic rings. The Balaban J connectivity index is 0.00000269. The minimum Gasteiger partial charge on any atom is -0.462 e. The molecule has 2 aliphatic rings. The average Bonchev–Trinajstić information content (AvgIpc) is 3.98. The number of hydrogen-bond donors (Lipinski definition) is 0. The third-order valence-electron chi connectivity index (χ3n) is 14.0. The normalized spacial score (nSPS) is 16.4. The van der Waals surface area contributed by atoms with Gasteiger partial charge in [0.2, 0.25) is 0 Å². The van der Waals surface area contributed by atoms with Gasteiger partial charge in [0.1, 0.15) is 11.9 Å². The number of nitrogens with zero attached hydrogens (tertiary/aromatic N) is 2. The summed E-state index contributed by atoms with van der Waals surface area (Å²) in [7, 11) is 0. The van der Waals surface area contributed by atoms with E-state index in [1.807, 2.05) is 12.2 Å². The van der Waals surface area contributed by atoms with Crippen LogP contribution in [0.4, 0.5) is 0 Å². The number of unbranched alkanes of at least 4 members (excludes halogenated alkanes) is 25. The van der Waals surface area contributed by atoms with E-state index in [1.54, 1.807) is 6.92 Å². The first-order valence-electron chi connectivity index (χ1n) is 28.9. The zero-order valence-corrected chi connectivity index (χ0v) is 44.4. The Hall–Kier alpha value is -1.83. The van der Waals surface area contributed by atoms with Crippen LogP contribution in [0.15, 0.2) is 24.8 Å². The molecule has 0 saturated carbocycles. The minimum absolute atomic E-state index is 0. The first-order valence-corrected chi connectivity index (χ1v) is 28.9. The van der Waals surface area contributed by atoms with Gasteiger partial charge in [0.25, 0.3) is 0 Å². The lowest BCUT2D eigenvalue weighted by molar-refractivity contribution is -0.150. The second-order valence-electron chi connectivity index (χ2n) is 20.5. The van der Waals surface area contributed by atoms with E-state index in [4.69, 9.17) is 9.47 Å². The van der Waals surface area contributed by atoms with E-state index in [0.717, 1.165) is 117 Å². The lowest BCUT2D eigenvalue weighted by atomic mass is 10.0. The largest absolute Gasteiger partial charge is 0.462 e. The molecule has 0 aromatic carbocycles. The maximum Gasteiger partial charge on any atom is 0.306 e. The highest BCUT2D eigenvalue weighted by Gasteiger charge is 2.30. The van der Waals surface area contributed by atoms with Gasteiger partial charge < -0.3 is 19.2 Å². The molecule has 2 aliphatic heterocycles. The number of ether oxygens (including phenoxy) is 2. The van der Waals surface area contributed by atoms with Crippen LogP contribution in [-0.4, -0.2) is 85.4 Å². The average molecular weight is 944 g/mol. The van der Waals surface area contributed by atoms with E-state index in [1.165, 1.54) is 154 Å². The van der Waals surface area contributed by atoms with E-state index in [9.17, 15) is 14.4 Å². The second kappa shape index (κ2) is 49.2. The van der Waals surface area contributed by atoms with Gasteiger partial charge in [-0.1, -0.05) is 182 Å². The highest BCUT2D eigenvalue weighted by molar-refractivity contribution is 5.89.